The van der Waals surface area contributed by atoms with Crippen LogP contribution in [-0.2, 0) is 11.2 Å². The van der Waals surface area contributed by atoms with E-state index in [9.17, 15) is 0 Å². The van der Waals surface area contributed by atoms with Crippen molar-refractivity contribution in [3.05, 3.63) is 35.9 Å². The Hall–Kier alpha value is -1.20. The normalized spacial score (nSPS) is 21.3. The first-order chi connectivity index (χ1) is 13.2. The van der Waals surface area contributed by atoms with E-state index in [-0.39, 0.29) is 0 Å². The molecule has 2 aliphatic rings. The van der Waals surface area contributed by atoms with Crippen LogP contribution in [0.5, 0.6) is 0 Å². The van der Waals surface area contributed by atoms with Crippen LogP contribution < -0.4 is 5.32 Å². The number of hydrogen-bond donors (Lipinski definition) is 1. The highest BCUT2D eigenvalue weighted by Crippen LogP contribution is 2.35. The van der Waals surface area contributed by atoms with Gasteiger partial charge in [0.1, 0.15) is 0 Å². The minimum Gasteiger partial charge on any atom is -0.381 e. The predicted octanol–water partition coefficient (Wildman–Crippen LogP) is 3.82. The lowest BCUT2D eigenvalue weighted by atomic mass is 9.90. The summed E-state index contributed by atoms with van der Waals surface area (Å²) in [7, 11) is 1.92. The van der Waals surface area contributed by atoms with Crippen LogP contribution in [0.25, 0.3) is 0 Å². The molecule has 4 nitrogen and oxygen atoms in total. The molecule has 0 aromatic heterocycles. The van der Waals surface area contributed by atoms with E-state index >= 15 is 0 Å². The minimum absolute atomic E-state index is 0.300. The smallest absolute Gasteiger partial charge is 0.193 e. The fourth-order valence-electron chi connectivity index (χ4n) is 4.29. The van der Waals surface area contributed by atoms with Gasteiger partial charge in [-0.3, -0.25) is 4.99 Å². The number of nitrogens with one attached hydrogen (secondary N) is 1. The highest BCUT2D eigenvalue weighted by molar-refractivity contribution is 8.00. The molecule has 3 rings (SSSR count). The first kappa shape index (κ1) is 20.5. The second-order valence-corrected chi connectivity index (χ2v) is 9.48. The summed E-state index contributed by atoms with van der Waals surface area (Å²) in [6.07, 6.45) is 5.97. The van der Waals surface area contributed by atoms with E-state index in [0.717, 1.165) is 63.3 Å². The number of rotatable bonds is 6. The van der Waals surface area contributed by atoms with Crippen LogP contribution in [0.4, 0.5) is 0 Å². The lowest BCUT2D eigenvalue weighted by Crippen LogP contribution is -2.51. The maximum Gasteiger partial charge on any atom is 0.193 e. The van der Waals surface area contributed by atoms with Gasteiger partial charge in [0, 0.05) is 44.6 Å². The van der Waals surface area contributed by atoms with Gasteiger partial charge in [-0.05, 0) is 49.3 Å². The molecule has 0 amide bonds. The zero-order valence-corrected chi connectivity index (χ0v) is 17.8. The Bertz CT molecular complexity index is 573. The molecule has 27 heavy (non-hydrogen) atoms. The zero-order valence-electron chi connectivity index (χ0n) is 17.0. The molecule has 2 saturated heterocycles. The van der Waals surface area contributed by atoms with E-state index < -0.39 is 0 Å². The summed E-state index contributed by atoms with van der Waals surface area (Å²) in [5.41, 5.74) is 1.47. The third kappa shape index (κ3) is 5.89. The van der Waals surface area contributed by atoms with E-state index in [0.29, 0.717) is 4.75 Å². The largest absolute Gasteiger partial charge is 0.381 e. The Kier molecular flexibility index (Phi) is 7.89. The van der Waals surface area contributed by atoms with E-state index in [2.05, 4.69) is 64.2 Å². The highest BCUT2D eigenvalue weighted by Gasteiger charge is 2.33. The number of guanidine groups is 1. The van der Waals surface area contributed by atoms with Crippen molar-refractivity contribution in [1.29, 1.82) is 0 Å². The molecule has 150 valence electrons. The van der Waals surface area contributed by atoms with Crippen molar-refractivity contribution in [1.82, 2.24) is 10.2 Å². The number of likely N-dealkylation sites (tertiary alicyclic amines) is 1. The van der Waals surface area contributed by atoms with Gasteiger partial charge in [-0.2, -0.15) is 11.8 Å². The number of ether oxygens (including phenoxy) is 1. The summed E-state index contributed by atoms with van der Waals surface area (Å²) in [6.45, 7) is 7.23. The van der Waals surface area contributed by atoms with Crippen LogP contribution in [0, 0.1) is 5.92 Å². The van der Waals surface area contributed by atoms with E-state index in [4.69, 9.17) is 4.74 Å². The number of aliphatic imine (C=N–C) groups is 1. The van der Waals surface area contributed by atoms with Crippen LogP contribution >= 0.6 is 11.8 Å². The molecule has 5 heteroatoms. The average molecular weight is 390 g/mol. The monoisotopic (exact) mass is 389 g/mol. The molecule has 2 heterocycles. The highest BCUT2D eigenvalue weighted by atomic mass is 32.2. The third-order valence-electron chi connectivity index (χ3n) is 5.92. The van der Waals surface area contributed by atoms with Crippen LogP contribution in [0.15, 0.2) is 35.3 Å². The van der Waals surface area contributed by atoms with Crippen LogP contribution in [-0.4, -0.2) is 61.3 Å². The van der Waals surface area contributed by atoms with Crippen molar-refractivity contribution < 1.29 is 4.74 Å². The molecule has 0 aliphatic carbocycles. The number of piperidine rings is 1. The fraction of sp³-hybridized carbons (Fsp3) is 0.682. The minimum atomic E-state index is 0.300. The van der Waals surface area contributed by atoms with Gasteiger partial charge in [-0.25, -0.2) is 0 Å². The Morgan fingerprint density at radius 2 is 1.93 bits per heavy atom. The molecular formula is C22H35N3OS. The molecule has 2 fully saturated rings. The van der Waals surface area contributed by atoms with Crippen molar-refractivity contribution in [3.63, 3.8) is 0 Å². The first-order valence-electron chi connectivity index (χ1n) is 10.5. The second kappa shape index (κ2) is 10.4. The Morgan fingerprint density at radius 1 is 1.22 bits per heavy atom. The van der Waals surface area contributed by atoms with E-state index in [1.165, 1.54) is 24.8 Å². The quantitative estimate of drug-likeness (QED) is 0.593. The second-order valence-electron chi connectivity index (χ2n) is 7.75. The number of thioether (sulfide) groups is 1. The molecule has 1 N–H and O–H groups in total. The Labute approximate surface area is 169 Å². The molecule has 2 aliphatic heterocycles. The lowest BCUT2D eigenvalue weighted by molar-refractivity contribution is 0.0779. The molecule has 0 saturated carbocycles. The summed E-state index contributed by atoms with van der Waals surface area (Å²) in [6, 6.07) is 10.9. The first-order valence-corrected chi connectivity index (χ1v) is 11.4. The van der Waals surface area contributed by atoms with Gasteiger partial charge in [0.05, 0.1) is 0 Å². The SMILES string of the molecule is CCSC1(CNC(=NC)N2CCC(Cc3ccccc3)CC2)CCOCC1. The van der Waals surface area contributed by atoms with Crippen molar-refractivity contribution >= 4 is 17.7 Å². The maximum absolute atomic E-state index is 5.60. The fourth-order valence-corrected chi connectivity index (χ4v) is 5.53. The van der Waals surface area contributed by atoms with Crippen LogP contribution in [0.1, 0.15) is 38.2 Å². The van der Waals surface area contributed by atoms with Gasteiger partial charge in [-0.15, -0.1) is 0 Å². The van der Waals surface area contributed by atoms with Gasteiger partial charge in [0.25, 0.3) is 0 Å². The molecule has 1 aromatic rings. The summed E-state index contributed by atoms with van der Waals surface area (Å²) in [4.78, 5) is 7.04. The molecular weight excluding hydrogens is 354 g/mol. The number of hydrogen-bond acceptors (Lipinski definition) is 3. The van der Waals surface area contributed by atoms with Gasteiger partial charge in [0.2, 0.25) is 0 Å². The van der Waals surface area contributed by atoms with Gasteiger partial charge >= 0.3 is 0 Å². The Morgan fingerprint density at radius 3 is 2.56 bits per heavy atom. The predicted molar refractivity (Wildman–Crippen MR) is 117 cm³/mol. The summed E-state index contributed by atoms with van der Waals surface area (Å²) >= 11 is 2.08. The van der Waals surface area contributed by atoms with E-state index in [1.807, 2.05) is 7.05 Å². The van der Waals surface area contributed by atoms with Gasteiger partial charge in [-0.1, -0.05) is 37.3 Å². The topological polar surface area (TPSA) is 36.9 Å². The van der Waals surface area contributed by atoms with Gasteiger partial charge in [0.15, 0.2) is 5.96 Å². The number of nitrogens with zero attached hydrogens (tertiary/aromatic N) is 2. The van der Waals surface area contributed by atoms with Gasteiger partial charge < -0.3 is 15.0 Å². The summed E-state index contributed by atoms with van der Waals surface area (Å²) in [5.74, 6) is 3.03. The molecule has 0 bridgehead atoms. The van der Waals surface area contributed by atoms with Crippen molar-refractivity contribution in [2.45, 2.75) is 43.8 Å². The number of benzene rings is 1. The lowest BCUT2D eigenvalue weighted by Gasteiger charge is -2.39. The average Bonchev–Trinajstić information content (AvgIpc) is 2.71. The van der Waals surface area contributed by atoms with E-state index in [1.54, 1.807) is 0 Å². The zero-order chi connectivity index (χ0) is 19.0. The van der Waals surface area contributed by atoms with Crippen molar-refractivity contribution in [2.75, 3.05) is 45.6 Å². The maximum atomic E-state index is 5.60. The van der Waals surface area contributed by atoms with Crippen LogP contribution in [0.2, 0.25) is 0 Å². The van der Waals surface area contributed by atoms with Crippen molar-refractivity contribution in [2.24, 2.45) is 10.9 Å². The summed E-state index contributed by atoms with van der Waals surface area (Å²) < 4.78 is 5.90. The Balaban J connectivity index is 1.48. The molecule has 0 atom stereocenters. The standard InChI is InChI=1S/C22H35N3OS/c1-3-27-22(11-15-26-16-12-22)18-24-21(23-2)25-13-9-20(10-14-25)17-19-7-5-4-6-8-19/h4-8,20H,3,9-18H2,1-2H3,(H,23,24). The third-order valence-corrected chi connectivity index (χ3v) is 7.37. The molecule has 0 radical (unpaired) electrons. The molecule has 1 aromatic carbocycles. The molecule has 0 unspecified atom stereocenters. The van der Waals surface area contributed by atoms with Crippen molar-refractivity contribution in [3.8, 4) is 0 Å². The molecule has 0 spiro atoms. The summed E-state index contributed by atoms with van der Waals surface area (Å²) in [5, 5.41) is 3.70. The van der Waals surface area contributed by atoms with Crippen LogP contribution in [0.3, 0.4) is 0 Å².